The lowest BCUT2D eigenvalue weighted by Crippen LogP contribution is -2.26. The van der Waals surface area contributed by atoms with E-state index >= 15 is 0 Å². The number of carboxylic acid groups (broad SMARTS) is 1. The maximum atomic E-state index is 12.4. The standard InChI is InChI=1S/C15H17NO3S/c1-2-3-8-16-12(13-5-4-9-20-13)7-6-11(15(16)19)10-14(17)18/h4-7,9H,2-3,8,10H2,1H3,(H,17,18). The molecule has 0 aliphatic carbocycles. The summed E-state index contributed by atoms with van der Waals surface area (Å²) in [6.45, 7) is 2.69. The molecule has 20 heavy (non-hydrogen) atoms. The quantitative estimate of drug-likeness (QED) is 0.890. The summed E-state index contributed by atoms with van der Waals surface area (Å²) >= 11 is 1.58. The maximum absolute atomic E-state index is 12.4. The first-order valence-corrected chi connectivity index (χ1v) is 7.50. The molecular formula is C15H17NO3S. The van der Waals surface area contributed by atoms with Gasteiger partial charge in [0.25, 0.3) is 5.56 Å². The number of hydrogen-bond donors (Lipinski definition) is 1. The van der Waals surface area contributed by atoms with Gasteiger partial charge in [0, 0.05) is 12.1 Å². The van der Waals surface area contributed by atoms with E-state index in [1.807, 2.05) is 23.6 Å². The SMILES string of the molecule is CCCCn1c(-c2cccs2)ccc(CC(=O)O)c1=O. The number of hydrogen-bond acceptors (Lipinski definition) is 3. The van der Waals surface area contributed by atoms with Gasteiger partial charge in [0.05, 0.1) is 17.0 Å². The molecule has 0 atom stereocenters. The van der Waals surface area contributed by atoms with Crippen molar-refractivity contribution in [3.05, 3.63) is 45.6 Å². The van der Waals surface area contributed by atoms with E-state index in [1.165, 1.54) is 0 Å². The van der Waals surface area contributed by atoms with E-state index in [9.17, 15) is 9.59 Å². The van der Waals surface area contributed by atoms with Crippen molar-refractivity contribution < 1.29 is 9.90 Å². The molecule has 2 heterocycles. The van der Waals surface area contributed by atoms with Gasteiger partial charge < -0.3 is 9.67 Å². The summed E-state index contributed by atoms with van der Waals surface area (Å²) < 4.78 is 1.70. The van der Waals surface area contributed by atoms with Crippen LogP contribution in [0.1, 0.15) is 25.3 Å². The van der Waals surface area contributed by atoms with Crippen LogP contribution in [-0.2, 0) is 17.8 Å². The van der Waals surface area contributed by atoms with E-state index in [0.29, 0.717) is 12.1 Å². The van der Waals surface area contributed by atoms with Crippen LogP contribution in [0.25, 0.3) is 10.6 Å². The van der Waals surface area contributed by atoms with Crippen molar-refractivity contribution in [1.29, 1.82) is 0 Å². The van der Waals surface area contributed by atoms with Gasteiger partial charge in [0.15, 0.2) is 0 Å². The molecule has 0 radical (unpaired) electrons. The molecule has 0 saturated carbocycles. The monoisotopic (exact) mass is 291 g/mol. The topological polar surface area (TPSA) is 59.3 Å². The molecule has 2 aromatic rings. The zero-order valence-electron chi connectivity index (χ0n) is 11.3. The molecule has 0 fully saturated rings. The van der Waals surface area contributed by atoms with E-state index in [4.69, 9.17) is 5.11 Å². The maximum Gasteiger partial charge on any atom is 0.308 e. The Hall–Kier alpha value is -1.88. The van der Waals surface area contributed by atoms with Crippen LogP contribution in [0, 0.1) is 0 Å². The molecule has 2 aromatic heterocycles. The van der Waals surface area contributed by atoms with Crippen LogP contribution >= 0.6 is 11.3 Å². The number of carbonyl (C=O) groups is 1. The fourth-order valence-corrected chi connectivity index (χ4v) is 2.86. The largest absolute Gasteiger partial charge is 0.481 e. The van der Waals surface area contributed by atoms with Crippen LogP contribution in [0.2, 0.25) is 0 Å². The highest BCUT2D eigenvalue weighted by Gasteiger charge is 2.12. The Bertz CT molecular complexity index is 644. The van der Waals surface area contributed by atoms with Gasteiger partial charge in [-0.3, -0.25) is 9.59 Å². The summed E-state index contributed by atoms with van der Waals surface area (Å²) in [6.07, 6.45) is 1.66. The molecule has 5 heteroatoms. The van der Waals surface area contributed by atoms with E-state index in [2.05, 4.69) is 6.92 Å². The molecule has 0 amide bonds. The van der Waals surface area contributed by atoms with E-state index in [-0.39, 0.29) is 12.0 Å². The molecule has 4 nitrogen and oxygen atoms in total. The van der Waals surface area contributed by atoms with Crippen LogP contribution in [0.4, 0.5) is 0 Å². The predicted octanol–water partition coefficient (Wildman–Crippen LogP) is 3.00. The van der Waals surface area contributed by atoms with Crippen molar-refractivity contribution in [3.63, 3.8) is 0 Å². The average Bonchev–Trinajstić information content (AvgIpc) is 2.93. The first-order chi connectivity index (χ1) is 9.63. The fourth-order valence-electron chi connectivity index (χ4n) is 2.10. The molecule has 0 aliphatic heterocycles. The van der Waals surface area contributed by atoms with Gasteiger partial charge >= 0.3 is 5.97 Å². The molecule has 106 valence electrons. The van der Waals surface area contributed by atoms with Crippen molar-refractivity contribution in [1.82, 2.24) is 4.57 Å². The fraction of sp³-hybridized carbons (Fsp3) is 0.333. The number of nitrogens with zero attached hydrogens (tertiary/aromatic N) is 1. The van der Waals surface area contributed by atoms with Crippen LogP contribution in [0.15, 0.2) is 34.4 Å². The Labute approximate surface area is 121 Å². The third-order valence-corrected chi connectivity index (χ3v) is 4.00. The molecule has 0 spiro atoms. The van der Waals surface area contributed by atoms with Crippen molar-refractivity contribution >= 4 is 17.3 Å². The number of thiophene rings is 1. The summed E-state index contributed by atoms with van der Waals surface area (Å²) in [5, 5.41) is 10.8. The summed E-state index contributed by atoms with van der Waals surface area (Å²) in [5.41, 5.74) is 1.02. The van der Waals surface area contributed by atoms with E-state index in [1.54, 1.807) is 22.0 Å². The Morgan fingerprint density at radius 3 is 2.75 bits per heavy atom. The van der Waals surface area contributed by atoms with Gasteiger partial charge in [-0.15, -0.1) is 11.3 Å². The normalized spacial score (nSPS) is 10.7. The second kappa shape index (κ2) is 6.52. The van der Waals surface area contributed by atoms with Crippen molar-refractivity contribution in [2.24, 2.45) is 0 Å². The molecule has 1 N–H and O–H groups in total. The number of carboxylic acids is 1. The molecule has 0 bridgehead atoms. The van der Waals surface area contributed by atoms with Gasteiger partial charge in [-0.05, 0) is 23.9 Å². The summed E-state index contributed by atoms with van der Waals surface area (Å²) in [7, 11) is 0. The van der Waals surface area contributed by atoms with Crippen molar-refractivity contribution in [3.8, 4) is 10.6 Å². The molecular weight excluding hydrogens is 274 g/mol. The minimum Gasteiger partial charge on any atom is -0.481 e. The van der Waals surface area contributed by atoms with Gasteiger partial charge in [-0.25, -0.2) is 0 Å². The second-order valence-electron chi connectivity index (χ2n) is 4.60. The summed E-state index contributed by atoms with van der Waals surface area (Å²) in [6, 6.07) is 7.40. The van der Waals surface area contributed by atoms with Gasteiger partial charge in [0.2, 0.25) is 0 Å². The van der Waals surface area contributed by atoms with E-state index in [0.717, 1.165) is 23.4 Å². The highest BCUT2D eigenvalue weighted by molar-refractivity contribution is 7.13. The second-order valence-corrected chi connectivity index (χ2v) is 5.55. The number of pyridine rings is 1. The number of unbranched alkanes of at least 4 members (excludes halogenated alkanes) is 1. The summed E-state index contributed by atoms with van der Waals surface area (Å²) in [5.74, 6) is -0.979. The molecule has 0 aromatic carbocycles. The highest BCUT2D eigenvalue weighted by Crippen LogP contribution is 2.24. The Balaban J connectivity index is 2.49. The van der Waals surface area contributed by atoms with Gasteiger partial charge in [-0.1, -0.05) is 25.5 Å². The number of aromatic nitrogens is 1. The molecule has 0 saturated heterocycles. The zero-order chi connectivity index (χ0) is 14.5. The van der Waals surface area contributed by atoms with Crippen LogP contribution < -0.4 is 5.56 Å². The Morgan fingerprint density at radius 2 is 2.15 bits per heavy atom. The predicted molar refractivity (Wildman–Crippen MR) is 80.3 cm³/mol. The summed E-state index contributed by atoms with van der Waals surface area (Å²) in [4.78, 5) is 24.3. The number of rotatable bonds is 6. The smallest absolute Gasteiger partial charge is 0.308 e. The van der Waals surface area contributed by atoms with Crippen molar-refractivity contribution in [2.75, 3.05) is 0 Å². The minimum absolute atomic E-state index is 0.188. The molecule has 0 aliphatic rings. The van der Waals surface area contributed by atoms with Crippen LogP contribution in [-0.4, -0.2) is 15.6 Å². The lowest BCUT2D eigenvalue weighted by atomic mass is 10.1. The Morgan fingerprint density at radius 1 is 1.35 bits per heavy atom. The van der Waals surface area contributed by atoms with Crippen LogP contribution in [0.5, 0.6) is 0 Å². The first-order valence-electron chi connectivity index (χ1n) is 6.62. The minimum atomic E-state index is -0.979. The Kier molecular flexibility index (Phi) is 4.74. The van der Waals surface area contributed by atoms with E-state index < -0.39 is 5.97 Å². The lowest BCUT2D eigenvalue weighted by molar-refractivity contribution is -0.136. The van der Waals surface area contributed by atoms with Gasteiger partial charge in [0.1, 0.15) is 0 Å². The van der Waals surface area contributed by atoms with Crippen LogP contribution in [0.3, 0.4) is 0 Å². The first kappa shape index (κ1) is 14.5. The third-order valence-electron chi connectivity index (χ3n) is 3.10. The lowest BCUT2D eigenvalue weighted by Gasteiger charge is -2.13. The highest BCUT2D eigenvalue weighted by atomic mass is 32.1. The molecule has 0 unspecified atom stereocenters. The van der Waals surface area contributed by atoms with Gasteiger partial charge in [-0.2, -0.15) is 0 Å². The number of aliphatic carboxylic acids is 1. The third kappa shape index (κ3) is 3.17. The van der Waals surface area contributed by atoms with Crippen molar-refractivity contribution in [2.45, 2.75) is 32.7 Å². The zero-order valence-corrected chi connectivity index (χ0v) is 12.2. The average molecular weight is 291 g/mol. The molecule has 2 rings (SSSR count).